The molecule has 1 aliphatic carbocycles. The van der Waals surface area contributed by atoms with Crippen LogP contribution in [0.15, 0.2) is 24.4 Å². The lowest BCUT2D eigenvalue weighted by molar-refractivity contribution is 0.0950. The molecule has 0 saturated heterocycles. The van der Waals surface area contributed by atoms with Gasteiger partial charge >= 0.3 is 0 Å². The Morgan fingerprint density at radius 3 is 2.67 bits per heavy atom. The van der Waals surface area contributed by atoms with Crippen molar-refractivity contribution in [3.63, 3.8) is 0 Å². The number of rotatable bonds is 7. The number of benzene rings is 1. The van der Waals surface area contributed by atoms with Crippen LogP contribution in [0, 0.1) is 19.8 Å². The van der Waals surface area contributed by atoms with Crippen LogP contribution in [0.3, 0.4) is 0 Å². The van der Waals surface area contributed by atoms with Crippen molar-refractivity contribution < 1.29 is 9.59 Å². The molecular formula is C21H28N4O2. The van der Waals surface area contributed by atoms with Crippen LogP contribution in [-0.4, -0.2) is 28.1 Å². The molecule has 0 bridgehead atoms. The van der Waals surface area contributed by atoms with Gasteiger partial charge in [0.2, 0.25) is 0 Å². The molecule has 1 saturated carbocycles. The minimum Gasteiger partial charge on any atom is -0.352 e. The Hall–Kier alpha value is -2.63. The van der Waals surface area contributed by atoms with Crippen molar-refractivity contribution in [1.29, 1.82) is 0 Å². The fraction of sp³-hybridized carbons (Fsp3) is 0.476. The number of amides is 2. The standard InChI is InChI=1S/C21H28N4O2/c1-5-14(3)25-15(4)18(12-23-25)21(27)24-19-10-17(9-6-13(19)2)20(26)22-11-16-7-8-16/h6,9-10,12,14,16H,5,7-8,11H2,1-4H3,(H,22,26)(H,24,27)/t14-/m1/s1. The maximum atomic E-state index is 12.8. The largest absolute Gasteiger partial charge is 0.352 e. The van der Waals surface area contributed by atoms with E-state index in [4.69, 9.17) is 0 Å². The summed E-state index contributed by atoms with van der Waals surface area (Å²) in [5, 5.41) is 10.3. The number of carbonyl (C=O) groups is 2. The molecule has 1 heterocycles. The van der Waals surface area contributed by atoms with Crippen molar-refractivity contribution in [3.05, 3.63) is 46.8 Å². The van der Waals surface area contributed by atoms with Gasteiger partial charge in [0, 0.05) is 29.5 Å². The quantitative estimate of drug-likeness (QED) is 0.779. The lowest BCUT2D eigenvalue weighted by atomic mass is 10.1. The SMILES string of the molecule is CC[C@@H](C)n1ncc(C(=O)Nc2cc(C(=O)NCC3CC3)ccc2C)c1C. The Labute approximate surface area is 160 Å². The second kappa shape index (κ2) is 7.94. The number of aromatic nitrogens is 2. The third-order valence-electron chi connectivity index (χ3n) is 5.29. The highest BCUT2D eigenvalue weighted by Crippen LogP contribution is 2.27. The second-order valence-corrected chi connectivity index (χ2v) is 7.48. The monoisotopic (exact) mass is 368 g/mol. The summed E-state index contributed by atoms with van der Waals surface area (Å²) in [6.07, 6.45) is 4.94. The summed E-state index contributed by atoms with van der Waals surface area (Å²) in [6, 6.07) is 5.63. The van der Waals surface area contributed by atoms with Crippen molar-refractivity contribution >= 4 is 17.5 Å². The zero-order valence-electron chi connectivity index (χ0n) is 16.5. The van der Waals surface area contributed by atoms with Crippen LogP contribution in [0.4, 0.5) is 5.69 Å². The van der Waals surface area contributed by atoms with E-state index in [0.29, 0.717) is 22.7 Å². The third-order valence-corrected chi connectivity index (χ3v) is 5.29. The van der Waals surface area contributed by atoms with E-state index in [2.05, 4.69) is 29.6 Å². The maximum Gasteiger partial charge on any atom is 0.259 e. The molecule has 27 heavy (non-hydrogen) atoms. The molecule has 0 aliphatic heterocycles. The molecule has 2 aromatic rings. The van der Waals surface area contributed by atoms with E-state index in [9.17, 15) is 9.59 Å². The Morgan fingerprint density at radius 1 is 1.26 bits per heavy atom. The minimum atomic E-state index is -0.208. The summed E-state index contributed by atoms with van der Waals surface area (Å²) in [7, 11) is 0. The molecule has 6 nitrogen and oxygen atoms in total. The third kappa shape index (κ3) is 4.38. The Kier molecular flexibility index (Phi) is 5.63. The Bertz CT molecular complexity index is 852. The molecule has 1 aromatic heterocycles. The highest BCUT2D eigenvalue weighted by molar-refractivity contribution is 6.06. The first-order chi connectivity index (χ1) is 12.9. The van der Waals surface area contributed by atoms with Crippen LogP contribution in [0.5, 0.6) is 0 Å². The van der Waals surface area contributed by atoms with Gasteiger partial charge in [0.25, 0.3) is 11.8 Å². The summed E-state index contributed by atoms with van der Waals surface area (Å²) in [4.78, 5) is 25.1. The highest BCUT2D eigenvalue weighted by Gasteiger charge is 2.22. The van der Waals surface area contributed by atoms with Crippen LogP contribution in [-0.2, 0) is 0 Å². The second-order valence-electron chi connectivity index (χ2n) is 7.48. The van der Waals surface area contributed by atoms with Gasteiger partial charge in [-0.1, -0.05) is 13.0 Å². The smallest absolute Gasteiger partial charge is 0.259 e. The Balaban J connectivity index is 1.74. The molecule has 144 valence electrons. The van der Waals surface area contributed by atoms with E-state index in [1.54, 1.807) is 18.3 Å². The molecule has 6 heteroatoms. The lowest BCUT2D eigenvalue weighted by Gasteiger charge is -2.13. The normalized spacial score (nSPS) is 14.7. The number of nitrogens with one attached hydrogen (secondary N) is 2. The van der Waals surface area contributed by atoms with Crippen LogP contribution in [0.2, 0.25) is 0 Å². The van der Waals surface area contributed by atoms with E-state index in [0.717, 1.165) is 24.2 Å². The van der Waals surface area contributed by atoms with Gasteiger partial charge in [0.15, 0.2) is 0 Å². The van der Waals surface area contributed by atoms with Crippen molar-refractivity contribution in [1.82, 2.24) is 15.1 Å². The first-order valence-electron chi connectivity index (χ1n) is 9.65. The average molecular weight is 368 g/mol. The number of anilines is 1. The summed E-state index contributed by atoms with van der Waals surface area (Å²) < 4.78 is 1.88. The lowest BCUT2D eigenvalue weighted by Crippen LogP contribution is -2.25. The maximum absolute atomic E-state index is 12.8. The zero-order valence-corrected chi connectivity index (χ0v) is 16.5. The van der Waals surface area contributed by atoms with Crippen molar-refractivity contribution in [2.24, 2.45) is 5.92 Å². The molecule has 0 radical (unpaired) electrons. The number of hydrogen-bond acceptors (Lipinski definition) is 3. The fourth-order valence-corrected chi connectivity index (χ4v) is 3.01. The first-order valence-corrected chi connectivity index (χ1v) is 9.65. The van der Waals surface area contributed by atoms with Gasteiger partial charge < -0.3 is 10.6 Å². The number of hydrogen-bond donors (Lipinski definition) is 2. The van der Waals surface area contributed by atoms with E-state index in [-0.39, 0.29) is 17.9 Å². The molecular weight excluding hydrogens is 340 g/mol. The van der Waals surface area contributed by atoms with E-state index in [1.807, 2.05) is 24.6 Å². The zero-order chi connectivity index (χ0) is 19.6. The van der Waals surface area contributed by atoms with Gasteiger partial charge in [0.1, 0.15) is 0 Å². The van der Waals surface area contributed by atoms with Crippen LogP contribution >= 0.6 is 0 Å². The van der Waals surface area contributed by atoms with Gasteiger partial charge in [-0.3, -0.25) is 14.3 Å². The summed E-state index contributed by atoms with van der Waals surface area (Å²) >= 11 is 0. The summed E-state index contributed by atoms with van der Waals surface area (Å²) in [6.45, 7) is 8.71. The van der Waals surface area contributed by atoms with Gasteiger partial charge in [-0.15, -0.1) is 0 Å². The number of nitrogens with zero attached hydrogens (tertiary/aromatic N) is 2. The predicted octanol–water partition coefficient (Wildman–Crippen LogP) is 3.86. The number of aryl methyl sites for hydroxylation is 1. The van der Waals surface area contributed by atoms with Gasteiger partial charge in [-0.05, 0) is 63.6 Å². The van der Waals surface area contributed by atoms with Crippen LogP contribution in [0.1, 0.15) is 71.1 Å². The topological polar surface area (TPSA) is 76.0 Å². The van der Waals surface area contributed by atoms with Crippen LogP contribution in [0.25, 0.3) is 0 Å². The first kappa shape index (κ1) is 19.1. The molecule has 1 aromatic carbocycles. The Morgan fingerprint density at radius 2 is 2.00 bits per heavy atom. The van der Waals surface area contributed by atoms with Crippen LogP contribution < -0.4 is 10.6 Å². The van der Waals surface area contributed by atoms with Crippen molar-refractivity contribution in [3.8, 4) is 0 Å². The molecule has 2 N–H and O–H groups in total. The fourth-order valence-electron chi connectivity index (χ4n) is 3.01. The van der Waals surface area contributed by atoms with E-state index in [1.165, 1.54) is 12.8 Å². The molecule has 2 amide bonds. The van der Waals surface area contributed by atoms with E-state index < -0.39 is 0 Å². The number of carbonyl (C=O) groups excluding carboxylic acids is 2. The minimum absolute atomic E-state index is 0.0989. The van der Waals surface area contributed by atoms with Crippen molar-refractivity contribution in [2.45, 2.75) is 53.0 Å². The van der Waals surface area contributed by atoms with Gasteiger partial charge in [0.05, 0.1) is 11.8 Å². The van der Waals surface area contributed by atoms with Gasteiger partial charge in [-0.25, -0.2) is 0 Å². The van der Waals surface area contributed by atoms with Gasteiger partial charge in [-0.2, -0.15) is 5.10 Å². The van der Waals surface area contributed by atoms with Crippen molar-refractivity contribution in [2.75, 3.05) is 11.9 Å². The summed E-state index contributed by atoms with van der Waals surface area (Å²) in [5.74, 6) is 0.322. The molecule has 3 rings (SSSR count). The molecule has 1 fully saturated rings. The molecule has 1 aliphatic rings. The molecule has 1 atom stereocenters. The molecule has 0 unspecified atom stereocenters. The molecule has 0 spiro atoms. The predicted molar refractivity (Wildman–Crippen MR) is 106 cm³/mol. The highest BCUT2D eigenvalue weighted by atomic mass is 16.2. The summed E-state index contributed by atoms with van der Waals surface area (Å²) in [5.41, 5.74) is 3.52. The average Bonchev–Trinajstić information content (AvgIpc) is 3.41. The van der Waals surface area contributed by atoms with E-state index >= 15 is 0 Å².